The molecule has 0 spiro atoms. The summed E-state index contributed by atoms with van der Waals surface area (Å²) in [5, 5.41) is 21.1. The Balaban J connectivity index is 1.73. The van der Waals surface area contributed by atoms with Gasteiger partial charge in [-0.3, -0.25) is 4.79 Å². The number of rotatable bonds is 8. The van der Waals surface area contributed by atoms with Gasteiger partial charge in [-0.15, -0.1) is 11.8 Å². The lowest BCUT2D eigenvalue weighted by Gasteiger charge is -2.19. The first-order valence-corrected chi connectivity index (χ1v) is 10.8. The molecule has 6 atom stereocenters. The van der Waals surface area contributed by atoms with E-state index in [9.17, 15) is 15.0 Å². The number of aliphatic hydroxyl groups is 2. The Morgan fingerprint density at radius 2 is 2.23 bits per heavy atom. The van der Waals surface area contributed by atoms with Crippen molar-refractivity contribution >= 4 is 5.97 Å². The van der Waals surface area contributed by atoms with Crippen molar-refractivity contribution in [3.05, 3.63) is 41.5 Å². The van der Waals surface area contributed by atoms with Gasteiger partial charge in [0.15, 0.2) is 0 Å². The summed E-state index contributed by atoms with van der Waals surface area (Å²) in [4.78, 5) is 11.4. The van der Waals surface area contributed by atoms with Crippen LogP contribution in [-0.2, 0) is 16.0 Å². The van der Waals surface area contributed by atoms with Gasteiger partial charge in [-0.25, -0.2) is 0 Å². The van der Waals surface area contributed by atoms with Crippen LogP contribution in [0.25, 0.3) is 0 Å². The molecule has 162 valence electrons. The number of hydrogen-bond donors (Lipinski definition) is 2. The standard InChI is InChI=1S/C25H32O5/c1-4-5-8-16(2)20(26)14-13-18-21(27)15-22-24(18)19-11-6-9-17(25(19)30-22)10-7-12-23(28)29-3/h6,9,11,13-14,16,18,20-22,24,26-27H,7-8,10,12,15H2,1-3H3/b14-13+/t16-,18-,20+,21+,22-,24-/m0/s1. The molecule has 2 aliphatic rings. The zero-order valence-electron chi connectivity index (χ0n) is 18.0. The van der Waals surface area contributed by atoms with Crippen molar-refractivity contribution in [3.63, 3.8) is 0 Å². The molecule has 1 aromatic rings. The van der Waals surface area contributed by atoms with Crippen molar-refractivity contribution in [2.24, 2.45) is 11.8 Å². The largest absolute Gasteiger partial charge is 0.489 e. The smallest absolute Gasteiger partial charge is 0.305 e. The van der Waals surface area contributed by atoms with Crippen LogP contribution >= 0.6 is 0 Å². The van der Waals surface area contributed by atoms with Gasteiger partial charge in [0.25, 0.3) is 0 Å². The van der Waals surface area contributed by atoms with E-state index < -0.39 is 12.2 Å². The number of aryl methyl sites for hydroxylation is 1. The summed E-state index contributed by atoms with van der Waals surface area (Å²) >= 11 is 0. The van der Waals surface area contributed by atoms with E-state index in [0.717, 1.165) is 23.3 Å². The molecule has 0 saturated heterocycles. The second kappa shape index (κ2) is 10.1. The van der Waals surface area contributed by atoms with E-state index in [1.54, 1.807) is 13.0 Å². The Kier molecular flexibility index (Phi) is 7.58. The highest BCUT2D eigenvalue weighted by Gasteiger charge is 2.48. The quantitative estimate of drug-likeness (QED) is 0.389. The number of ether oxygens (including phenoxy) is 2. The van der Waals surface area contributed by atoms with E-state index in [2.05, 4.69) is 17.9 Å². The fraction of sp³-hybridized carbons (Fsp3) is 0.560. The molecular weight excluding hydrogens is 380 g/mol. The van der Waals surface area contributed by atoms with Gasteiger partial charge in [-0.2, -0.15) is 0 Å². The minimum absolute atomic E-state index is 0.0385. The van der Waals surface area contributed by atoms with Gasteiger partial charge in [-0.05, 0) is 31.2 Å². The molecule has 30 heavy (non-hydrogen) atoms. The summed E-state index contributed by atoms with van der Waals surface area (Å²) in [6, 6.07) is 6.13. The molecule has 0 bridgehead atoms. The first kappa shape index (κ1) is 22.4. The van der Waals surface area contributed by atoms with Crippen molar-refractivity contribution in [3.8, 4) is 17.6 Å². The van der Waals surface area contributed by atoms with Crippen LogP contribution < -0.4 is 4.74 Å². The molecule has 1 fully saturated rings. The maximum Gasteiger partial charge on any atom is 0.305 e. The average molecular weight is 413 g/mol. The van der Waals surface area contributed by atoms with Crippen LogP contribution in [0.2, 0.25) is 0 Å². The fourth-order valence-electron chi connectivity index (χ4n) is 4.51. The van der Waals surface area contributed by atoms with E-state index >= 15 is 0 Å². The Hall–Kier alpha value is -2.29. The molecule has 2 N–H and O–H groups in total. The highest BCUT2D eigenvalue weighted by Crippen LogP contribution is 2.52. The van der Waals surface area contributed by atoms with Gasteiger partial charge in [0.05, 0.1) is 19.3 Å². The molecule has 0 aromatic heterocycles. The third-order valence-electron chi connectivity index (χ3n) is 6.26. The van der Waals surface area contributed by atoms with E-state index in [4.69, 9.17) is 9.47 Å². The fourth-order valence-corrected chi connectivity index (χ4v) is 4.51. The van der Waals surface area contributed by atoms with Crippen LogP contribution in [0.1, 0.15) is 56.6 Å². The van der Waals surface area contributed by atoms with Crippen LogP contribution in [0.3, 0.4) is 0 Å². The number of fused-ring (bicyclic) bond motifs is 3. The number of carbonyl (C=O) groups excluding carboxylic acids is 1. The van der Waals surface area contributed by atoms with Gasteiger partial charge in [0.1, 0.15) is 11.9 Å². The average Bonchev–Trinajstić information content (AvgIpc) is 3.25. The number of para-hydroxylation sites is 1. The minimum atomic E-state index is -0.594. The van der Waals surface area contributed by atoms with Gasteiger partial charge in [-0.1, -0.05) is 37.3 Å². The number of carbonyl (C=O) groups is 1. The van der Waals surface area contributed by atoms with Crippen molar-refractivity contribution in [2.75, 3.05) is 7.11 Å². The lowest BCUT2D eigenvalue weighted by atomic mass is 9.86. The third-order valence-corrected chi connectivity index (χ3v) is 6.26. The van der Waals surface area contributed by atoms with Gasteiger partial charge >= 0.3 is 5.97 Å². The van der Waals surface area contributed by atoms with Crippen molar-refractivity contribution in [2.45, 2.75) is 70.2 Å². The number of hydrogen-bond acceptors (Lipinski definition) is 5. The Morgan fingerprint density at radius 1 is 1.43 bits per heavy atom. The lowest BCUT2D eigenvalue weighted by molar-refractivity contribution is -0.140. The maximum absolute atomic E-state index is 11.4. The molecule has 1 aliphatic heterocycles. The predicted molar refractivity (Wildman–Crippen MR) is 115 cm³/mol. The Bertz CT molecular complexity index is 834. The van der Waals surface area contributed by atoms with Crippen molar-refractivity contribution in [1.82, 2.24) is 0 Å². The summed E-state index contributed by atoms with van der Waals surface area (Å²) in [6.07, 6.45) is 5.66. The number of esters is 1. The molecule has 5 nitrogen and oxygen atoms in total. The third kappa shape index (κ3) is 4.88. The normalized spacial score (nSPS) is 26.3. The van der Waals surface area contributed by atoms with Crippen LogP contribution in [0, 0.1) is 23.7 Å². The predicted octanol–water partition coefficient (Wildman–Crippen LogP) is 3.37. The van der Waals surface area contributed by atoms with Crippen LogP contribution in [0.15, 0.2) is 30.4 Å². The molecule has 0 unspecified atom stereocenters. The summed E-state index contributed by atoms with van der Waals surface area (Å²) < 4.78 is 11.0. The molecule has 1 aliphatic carbocycles. The maximum atomic E-state index is 11.4. The first-order valence-electron chi connectivity index (χ1n) is 10.8. The summed E-state index contributed by atoms with van der Waals surface area (Å²) in [6.45, 7) is 3.77. The number of aliphatic hydroxyl groups excluding tert-OH is 2. The Labute approximate surface area is 179 Å². The van der Waals surface area contributed by atoms with Crippen LogP contribution in [0.5, 0.6) is 5.75 Å². The molecule has 1 heterocycles. The molecule has 5 heteroatoms. The second-order valence-electron chi connectivity index (χ2n) is 8.31. The number of methoxy groups -OCH3 is 1. The topological polar surface area (TPSA) is 76.0 Å². The zero-order chi connectivity index (χ0) is 21.7. The molecule has 0 radical (unpaired) electrons. The molecule has 1 aromatic carbocycles. The van der Waals surface area contributed by atoms with Crippen molar-refractivity contribution in [1.29, 1.82) is 0 Å². The van der Waals surface area contributed by atoms with E-state index in [1.165, 1.54) is 7.11 Å². The Morgan fingerprint density at radius 3 is 2.97 bits per heavy atom. The van der Waals surface area contributed by atoms with Gasteiger partial charge < -0.3 is 19.7 Å². The van der Waals surface area contributed by atoms with Gasteiger partial charge in [0, 0.05) is 36.7 Å². The molecule has 3 rings (SSSR count). The zero-order valence-corrected chi connectivity index (χ0v) is 18.0. The summed E-state index contributed by atoms with van der Waals surface area (Å²) in [5.74, 6) is 6.58. The van der Waals surface area contributed by atoms with Crippen LogP contribution in [0.4, 0.5) is 0 Å². The highest BCUT2D eigenvalue weighted by atomic mass is 16.5. The SMILES string of the molecule is CC#CC[C@H](C)[C@H](O)/C=C/[C@@H]1[C@H]2c3cccc(CCCC(=O)OC)c3O[C@H]2C[C@H]1O. The lowest BCUT2D eigenvalue weighted by Crippen LogP contribution is -2.19. The van der Waals surface area contributed by atoms with Crippen molar-refractivity contribution < 1.29 is 24.5 Å². The van der Waals surface area contributed by atoms with E-state index in [-0.39, 0.29) is 29.8 Å². The summed E-state index contributed by atoms with van der Waals surface area (Å²) in [7, 11) is 1.40. The molecular formula is C25H32O5. The van der Waals surface area contributed by atoms with Gasteiger partial charge in [0.2, 0.25) is 0 Å². The van der Waals surface area contributed by atoms with Crippen LogP contribution in [-0.4, -0.2) is 41.6 Å². The first-order chi connectivity index (χ1) is 14.5. The second-order valence-corrected chi connectivity index (χ2v) is 8.31. The molecule has 0 amide bonds. The summed E-state index contributed by atoms with van der Waals surface area (Å²) in [5.41, 5.74) is 2.20. The monoisotopic (exact) mass is 412 g/mol. The number of benzene rings is 1. The van der Waals surface area contributed by atoms with E-state index in [0.29, 0.717) is 25.7 Å². The minimum Gasteiger partial charge on any atom is -0.489 e. The molecule has 1 saturated carbocycles. The highest BCUT2D eigenvalue weighted by molar-refractivity contribution is 5.69. The van der Waals surface area contributed by atoms with E-state index in [1.807, 2.05) is 25.1 Å².